The predicted octanol–water partition coefficient (Wildman–Crippen LogP) is 2.46. The molecule has 0 bridgehead atoms. The number of halogens is 1. The van der Waals surface area contributed by atoms with E-state index in [2.05, 4.69) is 26.2 Å². The molecule has 3 nitrogen and oxygen atoms in total. The Kier molecular flexibility index (Phi) is 2.17. The van der Waals surface area contributed by atoms with Gasteiger partial charge in [0.1, 0.15) is 4.60 Å². The van der Waals surface area contributed by atoms with E-state index in [9.17, 15) is 0 Å². The Morgan fingerprint density at radius 1 is 1.42 bits per heavy atom. The second kappa shape index (κ2) is 3.17. The summed E-state index contributed by atoms with van der Waals surface area (Å²) < 4.78 is 3.07. The molecule has 0 spiro atoms. The Morgan fingerprint density at radius 3 is 2.58 bits per heavy atom. The summed E-state index contributed by atoms with van der Waals surface area (Å²) in [6, 6.07) is 0.584. The smallest absolute Gasteiger partial charge is 0.127 e. The lowest BCUT2D eigenvalue weighted by atomic mass is 10.3. The van der Waals surface area contributed by atoms with Gasteiger partial charge in [-0.05, 0) is 35.7 Å². The summed E-state index contributed by atoms with van der Waals surface area (Å²) in [4.78, 5) is 0. The van der Waals surface area contributed by atoms with Gasteiger partial charge in [0, 0.05) is 0 Å². The van der Waals surface area contributed by atoms with Crippen LogP contribution in [0, 0.1) is 6.92 Å². The van der Waals surface area contributed by atoms with Gasteiger partial charge in [-0.2, -0.15) is 0 Å². The standard InChI is InChI=1S/C8H12BrN3/c1-6-8(9)12(11-10-6)7-4-2-3-5-7/h7H,2-5H2,1H3. The zero-order valence-corrected chi connectivity index (χ0v) is 8.71. The van der Waals surface area contributed by atoms with E-state index in [1.165, 1.54) is 25.7 Å². The van der Waals surface area contributed by atoms with Crippen molar-refractivity contribution in [2.75, 3.05) is 0 Å². The minimum absolute atomic E-state index is 0.584. The maximum Gasteiger partial charge on any atom is 0.127 e. The van der Waals surface area contributed by atoms with Crippen molar-refractivity contribution in [1.82, 2.24) is 15.0 Å². The van der Waals surface area contributed by atoms with E-state index < -0.39 is 0 Å². The molecule has 0 radical (unpaired) electrons. The summed E-state index contributed by atoms with van der Waals surface area (Å²) >= 11 is 3.50. The Bertz CT molecular complexity index is 276. The fraction of sp³-hybridized carbons (Fsp3) is 0.750. The van der Waals surface area contributed by atoms with Crippen molar-refractivity contribution >= 4 is 15.9 Å². The van der Waals surface area contributed by atoms with Crippen LogP contribution in [0.2, 0.25) is 0 Å². The third-order valence-electron chi connectivity index (χ3n) is 2.46. The molecule has 1 aliphatic rings. The van der Waals surface area contributed by atoms with Crippen LogP contribution >= 0.6 is 15.9 Å². The first-order valence-electron chi connectivity index (χ1n) is 4.36. The molecule has 0 unspecified atom stereocenters. The molecule has 1 aromatic rings. The predicted molar refractivity (Wildman–Crippen MR) is 50.0 cm³/mol. The molecule has 0 aromatic carbocycles. The first kappa shape index (κ1) is 8.23. The van der Waals surface area contributed by atoms with Crippen molar-refractivity contribution in [3.8, 4) is 0 Å². The lowest BCUT2D eigenvalue weighted by Crippen LogP contribution is -2.06. The number of aromatic nitrogens is 3. The summed E-state index contributed by atoms with van der Waals surface area (Å²) in [6.07, 6.45) is 5.16. The zero-order chi connectivity index (χ0) is 8.55. The van der Waals surface area contributed by atoms with Gasteiger partial charge in [-0.1, -0.05) is 18.1 Å². The van der Waals surface area contributed by atoms with Crippen molar-refractivity contribution in [2.45, 2.75) is 38.6 Å². The highest BCUT2D eigenvalue weighted by atomic mass is 79.9. The number of hydrogen-bond acceptors (Lipinski definition) is 2. The second-order valence-corrected chi connectivity index (χ2v) is 4.10. The summed E-state index contributed by atoms with van der Waals surface area (Å²) in [6.45, 7) is 1.97. The monoisotopic (exact) mass is 229 g/mol. The molecule has 0 aliphatic heterocycles. The highest BCUT2D eigenvalue weighted by Crippen LogP contribution is 2.31. The van der Waals surface area contributed by atoms with Crippen LogP contribution in [0.1, 0.15) is 37.4 Å². The molecule has 1 aliphatic carbocycles. The molecule has 12 heavy (non-hydrogen) atoms. The van der Waals surface area contributed by atoms with E-state index in [1.807, 2.05) is 11.6 Å². The van der Waals surface area contributed by atoms with Crippen LogP contribution in [0.5, 0.6) is 0 Å². The summed E-state index contributed by atoms with van der Waals surface area (Å²) in [5, 5.41) is 8.14. The van der Waals surface area contributed by atoms with E-state index in [0.717, 1.165) is 10.3 Å². The van der Waals surface area contributed by atoms with Gasteiger partial charge in [0.25, 0.3) is 0 Å². The maximum absolute atomic E-state index is 4.12. The first-order chi connectivity index (χ1) is 5.79. The minimum Gasteiger partial charge on any atom is -0.235 e. The van der Waals surface area contributed by atoms with Crippen molar-refractivity contribution < 1.29 is 0 Å². The molecule has 0 N–H and O–H groups in total. The van der Waals surface area contributed by atoms with Crippen LogP contribution in [0.3, 0.4) is 0 Å². The molecule has 0 atom stereocenters. The molecular formula is C8H12BrN3. The Hall–Kier alpha value is -0.380. The van der Waals surface area contributed by atoms with Gasteiger partial charge in [0.2, 0.25) is 0 Å². The Labute approximate surface area is 80.3 Å². The number of hydrogen-bond donors (Lipinski definition) is 0. The molecule has 1 fully saturated rings. The quantitative estimate of drug-likeness (QED) is 0.741. The zero-order valence-electron chi connectivity index (χ0n) is 7.13. The summed E-state index contributed by atoms with van der Waals surface area (Å²) in [5.74, 6) is 0. The number of rotatable bonds is 1. The first-order valence-corrected chi connectivity index (χ1v) is 5.15. The SMILES string of the molecule is Cc1nnn(C2CCCC2)c1Br. The van der Waals surface area contributed by atoms with E-state index in [0.29, 0.717) is 6.04 Å². The topological polar surface area (TPSA) is 30.7 Å². The van der Waals surface area contributed by atoms with Crippen LogP contribution in [0.15, 0.2) is 4.60 Å². The lowest BCUT2D eigenvalue weighted by molar-refractivity contribution is 0.446. The Morgan fingerprint density at radius 2 is 2.08 bits per heavy atom. The van der Waals surface area contributed by atoms with Gasteiger partial charge >= 0.3 is 0 Å². The molecule has 2 rings (SSSR count). The van der Waals surface area contributed by atoms with Crippen LogP contribution in [-0.4, -0.2) is 15.0 Å². The summed E-state index contributed by atoms with van der Waals surface area (Å²) in [5.41, 5.74) is 0.988. The average molecular weight is 230 g/mol. The van der Waals surface area contributed by atoms with Crippen molar-refractivity contribution in [2.24, 2.45) is 0 Å². The van der Waals surface area contributed by atoms with Crippen LogP contribution in [0.25, 0.3) is 0 Å². The normalized spacial score (nSPS) is 18.8. The molecule has 4 heteroatoms. The molecule has 0 amide bonds. The van der Waals surface area contributed by atoms with Gasteiger partial charge in [-0.25, -0.2) is 4.68 Å². The van der Waals surface area contributed by atoms with Gasteiger partial charge in [0.05, 0.1) is 11.7 Å². The van der Waals surface area contributed by atoms with E-state index in [1.54, 1.807) is 0 Å². The third-order valence-corrected chi connectivity index (χ3v) is 3.40. The Balaban J connectivity index is 2.26. The van der Waals surface area contributed by atoms with E-state index in [4.69, 9.17) is 0 Å². The largest absolute Gasteiger partial charge is 0.235 e. The van der Waals surface area contributed by atoms with Crippen molar-refractivity contribution in [3.63, 3.8) is 0 Å². The third kappa shape index (κ3) is 1.28. The van der Waals surface area contributed by atoms with Gasteiger partial charge in [0.15, 0.2) is 0 Å². The van der Waals surface area contributed by atoms with Crippen LogP contribution in [0.4, 0.5) is 0 Å². The van der Waals surface area contributed by atoms with Crippen molar-refractivity contribution in [3.05, 3.63) is 10.3 Å². The highest BCUT2D eigenvalue weighted by molar-refractivity contribution is 9.10. The number of nitrogens with zero attached hydrogens (tertiary/aromatic N) is 3. The second-order valence-electron chi connectivity index (χ2n) is 3.35. The van der Waals surface area contributed by atoms with E-state index >= 15 is 0 Å². The molecule has 1 heterocycles. The molecule has 0 saturated heterocycles. The molecular weight excluding hydrogens is 218 g/mol. The van der Waals surface area contributed by atoms with Gasteiger partial charge in [-0.15, -0.1) is 5.10 Å². The number of aryl methyl sites for hydroxylation is 1. The molecule has 1 saturated carbocycles. The van der Waals surface area contributed by atoms with Gasteiger partial charge in [-0.3, -0.25) is 0 Å². The summed E-state index contributed by atoms with van der Waals surface area (Å²) in [7, 11) is 0. The molecule has 1 aromatic heterocycles. The van der Waals surface area contributed by atoms with Gasteiger partial charge < -0.3 is 0 Å². The van der Waals surface area contributed by atoms with Crippen LogP contribution in [-0.2, 0) is 0 Å². The van der Waals surface area contributed by atoms with Crippen LogP contribution < -0.4 is 0 Å². The molecule has 66 valence electrons. The fourth-order valence-electron chi connectivity index (χ4n) is 1.74. The highest BCUT2D eigenvalue weighted by Gasteiger charge is 2.20. The maximum atomic E-state index is 4.12. The average Bonchev–Trinajstić information content (AvgIpc) is 2.64. The van der Waals surface area contributed by atoms with E-state index in [-0.39, 0.29) is 0 Å². The fourth-order valence-corrected chi connectivity index (χ4v) is 2.18. The lowest BCUT2D eigenvalue weighted by Gasteiger charge is -2.09. The minimum atomic E-state index is 0.584. The van der Waals surface area contributed by atoms with Crippen molar-refractivity contribution in [1.29, 1.82) is 0 Å².